The van der Waals surface area contributed by atoms with E-state index in [1.165, 1.54) is 11.1 Å². The van der Waals surface area contributed by atoms with Crippen LogP contribution in [-0.4, -0.2) is 5.11 Å². The van der Waals surface area contributed by atoms with Gasteiger partial charge in [-0.05, 0) is 39.3 Å². The molecule has 0 rings (SSSR count). The summed E-state index contributed by atoms with van der Waals surface area (Å²) in [4.78, 5) is 0. The molecular formula is C13H20O. The van der Waals surface area contributed by atoms with Crippen molar-refractivity contribution < 1.29 is 5.11 Å². The smallest absolute Gasteiger partial charge is 0.0962 e. The Morgan fingerprint density at radius 1 is 1.14 bits per heavy atom. The third-order valence-corrected chi connectivity index (χ3v) is 2.06. The zero-order valence-electron chi connectivity index (χ0n) is 9.59. The summed E-state index contributed by atoms with van der Waals surface area (Å²) < 4.78 is 0. The molecule has 0 aromatic rings. The largest absolute Gasteiger partial charge is 0.512 e. The molecule has 0 aliphatic rings. The van der Waals surface area contributed by atoms with Gasteiger partial charge in [0.1, 0.15) is 0 Å². The van der Waals surface area contributed by atoms with Crippen molar-refractivity contribution in [3.05, 3.63) is 47.3 Å². The van der Waals surface area contributed by atoms with Crippen molar-refractivity contribution >= 4 is 0 Å². The maximum Gasteiger partial charge on any atom is 0.0962 e. The second-order valence-electron chi connectivity index (χ2n) is 3.61. The number of hydrogen-bond acceptors (Lipinski definition) is 1. The van der Waals surface area contributed by atoms with E-state index in [1.807, 2.05) is 26.8 Å². The van der Waals surface area contributed by atoms with E-state index in [4.69, 9.17) is 0 Å². The van der Waals surface area contributed by atoms with Gasteiger partial charge < -0.3 is 5.11 Å². The van der Waals surface area contributed by atoms with Gasteiger partial charge in [-0.1, -0.05) is 29.9 Å². The summed E-state index contributed by atoms with van der Waals surface area (Å²) >= 11 is 0. The predicted octanol–water partition coefficient (Wildman–Crippen LogP) is 4.31. The van der Waals surface area contributed by atoms with Crippen molar-refractivity contribution in [2.75, 3.05) is 0 Å². The third kappa shape index (κ3) is 5.41. The van der Waals surface area contributed by atoms with E-state index in [2.05, 4.69) is 19.6 Å². The van der Waals surface area contributed by atoms with Crippen LogP contribution in [0.1, 0.15) is 34.1 Å². The first-order valence-electron chi connectivity index (χ1n) is 4.81. The summed E-state index contributed by atoms with van der Waals surface area (Å²) in [5.74, 6) is 0.362. The molecule has 0 aliphatic heterocycles. The molecule has 0 saturated carbocycles. The Hall–Kier alpha value is -1.24. The minimum absolute atomic E-state index is 0.362. The third-order valence-electron chi connectivity index (χ3n) is 2.06. The van der Waals surface area contributed by atoms with Gasteiger partial charge in [0.25, 0.3) is 0 Å². The average molecular weight is 192 g/mol. The lowest BCUT2D eigenvalue weighted by Gasteiger charge is -1.99. The van der Waals surface area contributed by atoms with Crippen LogP contribution in [-0.2, 0) is 0 Å². The molecule has 0 spiro atoms. The Bertz CT molecular complexity index is 290. The molecule has 1 N–H and O–H groups in total. The highest BCUT2D eigenvalue weighted by Gasteiger charge is 1.93. The number of aliphatic hydroxyl groups is 1. The molecule has 0 saturated heterocycles. The van der Waals surface area contributed by atoms with E-state index in [9.17, 15) is 5.11 Å². The quantitative estimate of drug-likeness (QED) is 0.400. The highest BCUT2D eigenvalue weighted by Crippen LogP contribution is 2.10. The van der Waals surface area contributed by atoms with Crippen LogP contribution in [0.3, 0.4) is 0 Å². The first-order valence-corrected chi connectivity index (χ1v) is 4.81. The van der Waals surface area contributed by atoms with Crippen molar-refractivity contribution in [1.82, 2.24) is 0 Å². The summed E-state index contributed by atoms with van der Waals surface area (Å²) in [6, 6.07) is 0. The molecule has 0 heterocycles. The molecule has 78 valence electrons. The van der Waals surface area contributed by atoms with Crippen LogP contribution in [0.5, 0.6) is 0 Å². The lowest BCUT2D eigenvalue weighted by atomic mass is 10.1. The molecule has 0 unspecified atom stereocenters. The van der Waals surface area contributed by atoms with Gasteiger partial charge in [-0.2, -0.15) is 0 Å². The second-order valence-corrected chi connectivity index (χ2v) is 3.61. The van der Waals surface area contributed by atoms with Crippen LogP contribution < -0.4 is 0 Å². The van der Waals surface area contributed by atoms with Gasteiger partial charge in [-0.25, -0.2) is 0 Å². The molecular weight excluding hydrogens is 172 g/mol. The molecule has 0 atom stereocenters. The highest BCUT2D eigenvalue weighted by molar-refractivity contribution is 5.30. The average Bonchev–Trinajstić information content (AvgIpc) is 2.11. The molecule has 0 radical (unpaired) electrons. The van der Waals surface area contributed by atoms with E-state index in [-0.39, 0.29) is 0 Å². The molecule has 0 fully saturated rings. The Labute approximate surface area is 87.2 Å². The summed E-state index contributed by atoms with van der Waals surface area (Å²) in [6.07, 6.45) is 6.26. The van der Waals surface area contributed by atoms with Crippen LogP contribution in [0.4, 0.5) is 0 Å². The van der Waals surface area contributed by atoms with Gasteiger partial charge in [-0.3, -0.25) is 0 Å². The monoisotopic (exact) mass is 192 g/mol. The standard InChI is InChI=1S/C13H20O/c1-6-11(4)12(5)7-8-13(14)9-10(2)3/h6-8,14H,2,9H2,1,3-5H3/b11-6+,12-7+,13-8+. The summed E-state index contributed by atoms with van der Waals surface area (Å²) in [5, 5.41) is 9.46. The van der Waals surface area contributed by atoms with Crippen molar-refractivity contribution in [2.45, 2.75) is 34.1 Å². The molecule has 1 heteroatoms. The number of aliphatic hydroxyl groups excluding tert-OH is 1. The van der Waals surface area contributed by atoms with Gasteiger partial charge in [0, 0.05) is 6.42 Å². The van der Waals surface area contributed by atoms with Gasteiger partial charge in [0.2, 0.25) is 0 Å². The number of allylic oxidation sites excluding steroid dienone is 6. The molecule has 0 aromatic carbocycles. The molecule has 14 heavy (non-hydrogen) atoms. The maximum atomic E-state index is 9.46. The van der Waals surface area contributed by atoms with E-state index >= 15 is 0 Å². The summed E-state index contributed by atoms with van der Waals surface area (Å²) in [6.45, 7) is 11.7. The topological polar surface area (TPSA) is 20.2 Å². The Balaban J connectivity index is 4.46. The van der Waals surface area contributed by atoms with E-state index in [0.29, 0.717) is 12.2 Å². The van der Waals surface area contributed by atoms with Crippen molar-refractivity contribution in [1.29, 1.82) is 0 Å². The van der Waals surface area contributed by atoms with Crippen LogP contribution in [0, 0.1) is 0 Å². The van der Waals surface area contributed by atoms with Gasteiger partial charge >= 0.3 is 0 Å². The number of rotatable bonds is 4. The van der Waals surface area contributed by atoms with Crippen LogP contribution >= 0.6 is 0 Å². The second kappa shape index (κ2) is 6.25. The normalized spacial score (nSPS) is 14.4. The first-order chi connectivity index (χ1) is 6.47. The summed E-state index contributed by atoms with van der Waals surface area (Å²) in [5.41, 5.74) is 3.36. The van der Waals surface area contributed by atoms with E-state index < -0.39 is 0 Å². The molecule has 0 aromatic heterocycles. The Kier molecular flexibility index (Phi) is 5.70. The SMILES string of the molecule is C=C(C)C\C(O)=C/C=C(C)/C(C)=C/C. The van der Waals surface area contributed by atoms with Crippen molar-refractivity contribution in [3.63, 3.8) is 0 Å². The van der Waals surface area contributed by atoms with Crippen LogP contribution in [0.15, 0.2) is 47.3 Å². The van der Waals surface area contributed by atoms with Crippen molar-refractivity contribution in [2.24, 2.45) is 0 Å². The molecule has 0 amide bonds. The Morgan fingerprint density at radius 3 is 2.14 bits per heavy atom. The maximum absolute atomic E-state index is 9.46. The van der Waals surface area contributed by atoms with Crippen LogP contribution in [0.25, 0.3) is 0 Å². The van der Waals surface area contributed by atoms with Gasteiger partial charge in [0.05, 0.1) is 5.76 Å². The molecule has 1 nitrogen and oxygen atoms in total. The lowest BCUT2D eigenvalue weighted by Crippen LogP contribution is -1.82. The molecule has 0 aliphatic carbocycles. The van der Waals surface area contributed by atoms with E-state index in [0.717, 1.165) is 5.57 Å². The summed E-state index contributed by atoms with van der Waals surface area (Å²) in [7, 11) is 0. The van der Waals surface area contributed by atoms with E-state index in [1.54, 1.807) is 6.08 Å². The lowest BCUT2D eigenvalue weighted by molar-refractivity contribution is 0.398. The minimum atomic E-state index is 0.362. The fourth-order valence-electron chi connectivity index (χ4n) is 0.948. The minimum Gasteiger partial charge on any atom is -0.512 e. The van der Waals surface area contributed by atoms with Crippen molar-refractivity contribution in [3.8, 4) is 0 Å². The van der Waals surface area contributed by atoms with Crippen LogP contribution in [0.2, 0.25) is 0 Å². The zero-order chi connectivity index (χ0) is 11.1. The first kappa shape index (κ1) is 12.8. The Morgan fingerprint density at radius 2 is 1.71 bits per heavy atom. The molecule has 0 bridgehead atoms. The zero-order valence-corrected chi connectivity index (χ0v) is 9.59. The fraction of sp³-hybridized carbons (Fsp3) is 0.385. The highest BCUT2D eigenvalue weighted by atomic mass is 16.3. The number of hydrogen-bond donors (Lipinski definition) is 1. The fourth-order valence-corrected chi connectivity index (χ4v) is 0.948. The van der Waals surface area contributed by atoms with Gasteiger partial charge in [0.15, 0.2) is 0 Å². The van der Waals surface area contributed by atoms with Gasteiger partial charge in [-0.15, -0.1) is 0 Å². The predicted molar refractivity (Wildman–Crippen MR) is 63.3 cm³/mol.